The van der Waals surface area contributed by atoms with Crippen LogP contribution in [0.1, 0.15) is 53.8 Å². The minimum Gasteiger partial charge on any atom is -0.491 e. The molecule has 0 bridgehead atoms. The van der Waals surface area contributed by atoms with E-state index in [9.17, 15) is 9.59 Å². The van der Waals surface area contributed by atoms with Gasteiger partial charge in [0.05, 0.1) is 24.6 Å². The summed E-state index contributed by atoms with van der Waals surface area (Å²) in [6.45, 7) is 6.05. The number of hydrogen-bond acceptors (Lipinski definition) is 8. The Balaban J connectivity index is 2.07. The van der Waals surface area contributed by atoms with Crippen molar-refractivity contribution in [1.29, 1.82) is 0 Å². The second kappa shape index (κ2) is 12.3. The normalized spacial score (nSPS) is 10.5. The van der Waals surface area contributed by atoms with Crippen molar-refractivity contribution in [3.63, 3.8) is 0 Å². The lowest BCUT2D eigenvalue weighted by Crippen LogP contribution is -2.15. The number of anilines is 4. The molecular formula is C23H34N6O4. The van der Waals surface area contributed by atoms with Crippen LogP contribution in [0.2, 0.25) is 0 Å². The summed E-state index contributed by atoms with van der Waals surface area (Å²) in [4.78, 5) is 23.2. The number of ether oxygens (including phenoxy) is 2. The van der Waals surface area contributed by atoms with Crippen molar-refractivity contribution in [2.45, 2.75) is 33.1 Å². The molecule has 0 radical (unpaired) electrons. The summed E-state index contributed by atoms with van der Waals surface area (Å²) >= 11 is 0. The summed E-state index contributed by atoms with van der Waals surface area (Å²) in [6.07, 6.45) is 2.31. The summed E-state index contributed by atoms with van der Waals surface area (Å²) in [7, 11) is 0. The van der Waals surface area contributed by atoms with Crippen LogP contribution in [0.4, 0.5) is 22.7 Å². The van der Waals surface area contributed by atoms with E-state index in [4.69, 9.17) is 32.4 Å². The smallest absolute Gasteiger partial charge is 0.248 e. The first-order valence-electron chi connectivity index (χ1n) is 11.0. The standard InChI is InChI=1S/C23H34N6O4/c1-3-6-28-20-16(24)10-14(22(26)30)12-18(20)32-8-5-9-33-19-13-15(23(27)31)11-17(25)21(19)29-7-4-2/h10-13,28-29H,3-9,24-25H2,1-2H3,(H2,26,30)(H2,27,31). The topological polar surface area (TPSA) is 181 Å². The van der Waals surface area contributed by atoms with Crippen LogP contribution in [0.25, 0.3) is 0 Å². The van der Waals surface area contributed by atoms with E-state index in [-0.39, 0.29) is 11.1 Å². The third-order valence-corrected chi connectivity index (χ3v) is 4.74. The predicted octanol–water partition coefficient (Wildman–Crippen LogP) is 2.54. The summed E-state index contributed by atoms with van der Waals surface area (Å²) in [5.41, 5.74) is 25.5. The number of nitrogen functional groups attached to an aromatic ring is 2. The summed E-state index contributed by atoms with van der Waals surface area (Å²) in [6, 6.07) is 6.19. The number of nitrogens with one attached hydrogen (secondary N) is 2. The van der Waals surface area contributed by atoms with Gasteiger partial charge in [-0.1, -0.05) is 13.8 Å². The first-order chi connectivity index (χ1) is 15.8. The third-order valence-electron chi connectivity index (χ3n) is 4.74. The van der Waals surface area contributed by atoms with E-state index >= 15 is 0 Å². The molecule has 10 heteroatoms. The van der Waals surface area contributed by atoms with Crippen LogP contribution < -0.4 is 43.0 Å². The quantitative estimate of drug-likeness (QED) is 0.184. The van der Waals surface area contributed by atoms with Crippen LogP contribution >= 0.6 is 0 Å². The molecule has 0 aliphatic heterocycles. The van der Waals surface area contributed by atoms with E-state index in [1.54, 1.807) is 12.1 Å². The third kappa shape index (κ3) is 7.09. The molecule has 2 amide bonds. The number of benzene rings is 2. The Morgan fingerprint density at radius 2 is 1.15 bits per heavy atom. The van der Waals surface area contributed by atoms with Crippen molar-refractivity contribution in [1.82, 2.24) is 0 Å². The summed E-state index contributed by atoms with van der Waals surface area (Å²) < 4.78 is 11.8. The minimum atomic E-state index is -0.587. The zero-order valence-corrected chi connectivity index (χ0v) is 19.2. The van der Waals surface area contributed by atoms with E-state index in [0.29, 0.717) is 67.0 Å². The van der Waals surface area contributed by atoms with Gasteiger partial charge in [-0.05, 0) is 37.1 Å². The van der Waals surface area contributed by atoms with E-state index in [0.717, 1.165) is 12.8 Å². The highest BCUT2D eigenvalue weighted by molar-refractivity contribution is 5.97. The predicted molar refractivity (Wildman–Crippen MR) is 132 cm³/mol. The minimum absolute atomic E-state index is 0.270. The maximum Gasteiger partial charge on any atom is 0.248 e. The van der Waals surface area contributed by atoms with Gasteiger partial charge < -0.3 is 43.0 Å². The highest BCUT2D eigenvalue weighted by Gasteiger charge is 2.15. The average Bonchev–Trinajstić information content (AvgIpc) is 2.77. The summed E-state index contributed by atoms with van der Waals surface area (Å²) in [5, 5.41) is 6.43. The number of carbonyl (C=O) groups excluding carboxylic acids is 2. The number of hydrogen-bond donors (Lipinski definition) is 6. The average molecular weight is 459 g/mol. The van der Waals surface area contributed by atoms with Crippen molar-refractivity contribution in [2.24, 2.45) is 11.5 Å². The monoisotopic (exact) mass is 458 g/mol. The fraction of sp³-hybridized carbons (Fsp3) is 0.391. The molecule has 10 N–H and O–H groups in total. The van der Waals surface area contributed by atoms with E-state index in [1.807, 2.05) is 13.8 Å². The van der Waals surface area contributed by atoms with Gasteiger partial charge in [0.15, 0.2) is 0 Å². The molecule has 0 atom stereocenters. The lowest BCUT2D eigenvalue weighted by atomic mass is 10.1. The maximum atomic E-state index is 11.6. The molecule has 180 valence electrons. The van der Waals surface area contributed by atoms with Crippen LogP contribution in [0.3, 0.4) is 0 Å². The van der Waals surface area contributed by atoms with Gasteiger partial charge >= 0.3 is 0 Å². The molecule has 2 aromatic carbocycles. The van der Waals surface area contributed by atoms with Gasteiger partial charge in [-0.2, -0.15) is 0 Å². The van der Waals surface area contributed by atoms with Gasteiger partial charge in [0.2, 0.25) is 11.8 Å². The second-order valence-electron chi connectivity index (χ2n) is 7.51. The van der Waals surface area contributed by atoms with Crippen molar-refractivity contribution in [3.05, 3.63) is 35.4 Å². The van der Waals surface area contributed by atoms with Crippen LogP contribution in [0.15, 0.2) is 24.3 Å². The second-order valence-corrected chi connectivity index (χ2v) is 7.51. The van der Waals surface area contributed by atoms with E-state index in [1.165, 1.54) is 12.1 Å². The van der Waals surface area contributed by atoms with E-state index < -0.39 is 11.8 Å². The molecule has 0 unspecified atom stereocenters. The van der Waals surface area contributed by atoms with Gasteiger partial charge in [-0.15, -0.1) is 0 Å². The van der Waals surface area contributed by atoms with Gasteiger partial charge in [0, 0.05) is 30.6 Å². The summed E-state index contributed by atoms with van der Waals surface area (Å²) in [5.74, 6) is -0.281. The molecule has 0 heterocycles. The Kier molecular flexibility index (Phi) is 9.46. The van der Waals surface area contributed by atoms with Crippen LogP contribution in [0.5, 0.6) is 11.5 Å². The zero-order valence-electron chi connectivity index (χ0n) is 19.2. The molecule has 10 nitrogen and oxygen atoms in total. The Bertz CT molecular complexity index is 902. The van der Waals surface area contributed by atoms with Crippen molar-refractivity contribution >= 4 is 34.6 Å². The zero-order chi connectivity index (χ0) is 24.4. The Morgan fingerprint density at radius 1 is 0.758 bits per heavy atom. The number of nitrogens with two attached hydrogens (primary N) is 4. The molecule has 0 saturated carbocycles. The Morgan fingerprint density at radius 3 is 1.48 bits per heavy atom. The number of carbonyl (C=O) groups is 2. The molecule has 0 aromatic heterocycles. The van der Waals surface area contributed by atoms with Crippen LogP contribution in [0, 0.1) is 0 Å². The number of amides is 2. The molecular weight excluding hydrogens is 424 g/mol. The number of rotatable bonds is 14. The SMILES string of the molecule is CCCNc1c(N)cc(C(N)=O)cc1OCCCOc1cc(C(N)=O)cc(N)c1NCCC. The van der Waals surface area contributed by atoms with Crippen molar-refractivity contribution in [3.8, 4) is 11.5 Å². The molecule has 0 fully saturated rings. The lowest BCUT2D eigenvalue weighted by molar-refractivity contribution is 0.0991. The molecule has 0 spiro atoms. The van der Waals surface area contributed by atoms with Gasteiger partial charge in [0.25, 0.3) is 0 Å². The largest absolute Gasteiger partial charge is 0.491 e. The van der Waals surface area contributed by atoms with Gasteiger partial charge in [-0.3, -0.25) is 9.59 Å². The highest BCUT2D eigenvalue weighted by Crippen LogP contribution is 2.34. The number of primary amides is 2. The fourth-order valence-electron chi connectivity index (χ4n) is 3.09. The molecule has 0 saturated heterocycles. The molecule has 0 aliphatic carbocycles. The first kappa shape index (κ1) is 25.4. The lowest BCUT2D eigenvalue weighted by Gasteiger charge is -2.18. The molecule has 33 heavy (non-hydrogen) atoms. The van der Waals surface area contributed by atoms with Gasteiger partial charge in [0.1, 0.15) is 22.9 Å². The van der Waals surface area contributed by atoms with E-state index in [2.05, 4.69) is 10.6 Å². The highest BCUT2D eigenvalue weighted by atomic mass is 16.5. The van der Waals surface area contributed by atoms with Crippen LogP contribution in [-0.2, 0) is 0 Å². The van der Waals surface area contributed by atoms with Gasteiger partial charge in [-0.25, -0.2) is 0 Å². The fourth-order valence-corrected chi connectivity index (χ4v) is 3.09. The molecule has 2 aromatic rings. The van der Waals surface area contributed by atoms with Crippen molar-refractivity contribution < 1.29 is 19.1 Å². The maximum absolute atomic E-state index is 11.6. The van der Waals surface area contributed by atoms with Crippen molar-refractivity contribution in [2.75, 3.05) is 48.4 Å². The Labute approximate surface area is 194 Å². The molecule has 2 rings (SSSR count). The first-order valence-corrected chi connectivity index (χ1v) is 11.0. The van der Waals surface area contributed by atoms with Crippen LogP contribution in [-0.4, -0.2) is 38.1 Å². The Hall–Kier alpha value is -3.82. The molecule has 0 aliphatic rings.